The van der Waals surface area contributed by atoms with Gasteiger partial charge < -0.3 is 38.4 Å². The molecule has 232 valence electrons. The van der Waals surface area contributed by atoms with E-state index in [0.29, 0.717) is 13.0 Å². The fourth-order valence-corrected chi connectivity index (χ4v) is 4.42. The van der Waals surface area contributed by atoms with Gasteiger partial charge in [0, 0.05) is 26.5 Å². The van der Waals surface area contributed by atoms with Crippen molar-refractivity contribution in [1.82, 2.24) is 5.32 Å². The number of hydrogen-bond acceptors (Lipinski definition) is 9. The molecule has 0 unspecified atom stereocenters. The summed E-state index contributed by atoms with van der Waals surface area (Å²) in [6.07, 6.45) is 18.2. The van der Waals surface area contributed by atoms with Gasteiger partial charge in [0.15, 0.2) is 0 Å². The van der Waals surface area contributed by atoms with E-state index < -0.39 is 26.5 Å². The molecular weight excluding hydrogens is 571 g/mol. The van der Waals surface area contributed by atoms with Crippen LogP contribution in [0.3, 0.4) is 0 Å². The van der Waals surface area contributed by atoms with Gasteiger partial charge in [-0.2, -0.15) is 0 Å². The van der Waals surface area contributed by atoms with E-state index >= 15 is 0 Å². The number of phosphoric ester groups is 1. The summed E-state index contributed by atoms with van der Waals surface area (Å²) in [4.78, 5) is 44.6. The second-order valence-electron chi connectivity index (χ2n) is 10.1. The van der Waals surface area contributed by atoms with Gasteiger partial charge in [-0.25, -0.2) is 0 Å². The average Bonchev–Trinajstić information content (AvgIpc) is 2.87. The number of esters is 1. The fourth-order valence-electron chi connectivity index (χ4n) is 4.07. The number of phosphoric acid groups is 1. The molecule has 0 fully saturated rings. The third kappa shape index (κ3) is 38.9. The van der Waals surface area contributed by atoms with Crippen LogP contribution in [0.2, 0.25) is 0 Å². The van der Waals surface area contributed by atoms with Crippen LogP contribution < -0.4 is 74.2 Å². The van der Waals surface area contributed by atoms with Crippen LogP contribution in [0.5, 0.6) is 0 Å². The SMILES string of the molecule is CCCCCCCCCCCCC(=O)O[C@H](COCOCCCCCCCCCNC(C)=O)COP(=O)([O-])[O-].[Na+].[Na+]. The van der Waals surface area contributed by atoms with Gasteiger partial charge in [-0.3, -0.25) is 9.59 Å². The zero-order chi connectivity index (χ0) is 29.0. The molecule has 1 amide bonds. The maximum atomic E-state index is 12.2. The number of unbranched alkanes of at least 4 members (excludes halogenated alkanes) is 15. The molecule has 13 heteroatoms. The third-order valence-electron chi connectivity index (χ3n) is 6.26. The van der Waals surface area contributed by atoms with Crippen molar-refractivity contribution in [2.24, 2.45) is 0 Å². The second kappa shape index (κ2) is 33.9. The second-order valence-corrected chi connectivity index (χ2v) is 11.3. The number of amides is 1. The van der Waals surface area contributed by atoms with Crippen LogP contribution in [0, 0.1) is 0 Å². The zero-order valence-corrected chi connectivity index (χ0v) is 31.4. The summed E-state index contributed by atoms with van der Waals surface area (Å²) in [5, 5.41) is 2.79. The van der Waals surface area contributed by atoms with E-state index in [4.69, 9.17) is 14.2 Å². The van der Waals surface area contributed by atoms with Gasteiger partial charge in [0.05, 0.1) is 21.0 Å². The minimum absolute atomic E-state index is 0. The zero-order valence-electron chi connectivity index (χ0n) is 26.5. The number of nitrogens with one attached hydrogen (secondary N) is 1. The topological polar surface area (TPSA) is 146 Å². The molecule has 0 aliphatic carbocycles. The largest absolute Gasteiger partial charge is 1.00 e. The van der Waals surface area contributed by atoms with E-state index in [1.54, 1.807) is 0 Å². The Kier molecular flexibility index (Phi) is 38.3. The van der Waals surface area contributed by atoms with Gasteiger partial charge in [0.1, 0.15) is 12.9 Å². The van der Waals surface area contributed by atoms with Crippen molar-refractivity contribution in [3.8, 4) is 0 Å². The van der Waals surface area contributed by atoms with Crippen molar-refractivity contribution in [2.45, 2.75) is 136 Å². The molecule has 0 saturated carbocycles. The van der Waals surface area contributed by atoms with Crippen LogP contribution in [0.15, 0.2) is 0 Å². The summed E-state index contributed by atoms with van der Waals surface area (Å²) in [6.45, 7) is 4.28. The molecule has 0 saturated heterocycles. The maximum Gasteiger partial charge on any atom is 1.00 e. The van der Waals surface area contributed by atoms with Crippen molar-refractivity contribution in [1.29, 1.82) is 0 Å². The van der Waals surface area contributed by atoms with Crippen molar-refractivity contribution in [3.63, 3.8) is 0 Å². The smallest absolute Gasteiger partial charge is 0.790 e. The minimum Gasteiger partial charge on any atom is -0.790 e. The van der Waals surface area contributed by atoms with Gasteiger partial charge >= 0.3 is 65.1 Å². The molecule has 0 aromatic rings. The molecule has 0 aliphatic heterocycles. The average molecular weight is 626 g/mol. The molecule has 0 rings (SSSR count). The Morgan fingerprint density at radius 3 is 1.78 bits per heavy atom. The molecule has 0 radical (unpaired) electrons. The molecule has 0 heterocycles. The van der Waals surface area contributed by atoms with Crippen LogP contribution in [-0.2, 0) is 32.9 Å². The summed E-state index contributed by atoms with van der Waals surface area (Å²) in [7, 11) is -5.18. The minimum atomic E-state index is -5.18. The predicted molar refractivity (Wildman–Crippen MR) is 148 cm³/mol. The fraction of sp³-hybridized carbons (Fsp3) is 0.929. The number of carbonyl (C=O) groups excluding carboxylic acids is 2. The van der Waals surface area contributed by atoms with Crippen LogP contribution in [0.25, 0.3) is 0 Å². The molecule has 41 heavy (non-hydrogen) atoms. The van der Waals surface area contributed by atoms with Crippen molar-refractivity contribution in [2.75, 3.05) is 33.2 Å². The third-order valence-corrected chi connectivity index (χ3v) is 6.73. The van der Waals surface area contributed by atoms with Crippen molar-refractivity contribution in [3.05, 3.63) is 0 Å². The Hall–Kier alpha value is 0.970. The number of hydrogen-bond donors (Lipinski definition) is 1. The van der Waals surface area contributed by atoms with Crippen molar-refractivity contribution < 1.29 is 102 Å². The van der Waals surface area contributed by atoms with Crippen LogP contribution in [0.4, 0.5) is 0 Å². The molecule has 10 nitrogen and oxygen atoms in total. The predicted octanol–water partition coefficient (Wildman–Crippen LogP) is -1.08. The first-order chi connectivity index (χ1) is 18.7. The summed E-state index contributed by atoms with van der Waals surface area (Å²) < 4.78 is 31.2. The molecule has 1 atom stereocenters. The monoisotopic (exact) mass is 625 g/mol. The first kappa shape index (κ1) is 46.4. The first-order valence-electron chi connectivity index (χ1n) is 15.0. The first-order valence-corrected chi connectivity index (χ1v) is 16.5. The van der Waals surface area contributed by atoms with E-state index in [2.05, 4.69) is 16.8 Å². The number of rotatable bonds is 29. The van der Waals surface area contributed by atoms with E-state index in [1.165, 1.54) is 45.4 Å². The van der Waals surface area contributed by atoms with E-state index in [1.807, 2.05) is 0 Å². The van der Waals surface area contributed by atoms with E-state index in [0.717, 1.165) is 70.8 Å². The molecular formula is C28H54NNa2O9P. The Balaban J connectivity index is -0.00000722. The summed E-state index contributed by atoms with van der Waals surface area (Å²) >= 11 is 0. The molecule has 0 aromatic carbocycles. The standard InChI is InChI=1S/C28H56NO9P.2Na/c1-3-4-5-6-7-8-9-11-14-17-20-28(31)38-27(24-37-39(32,33)34)23-36-25-35-22-19-16-13-10-12-15-18-21-29-26(2)30;;/h27H,3-25H2,1-2H3,(H,29,30)(H2,32,33,34);;/q;2*+1/p-2/t27-;;/m1../s1. The Morgan fingerprint density at radius 2 is 1.24 bits per heavy atom. The van der Waals surface area contributed by atoms with Crippen LogP contribution in [0.1, 0.15) is 129 Å². The summed E-state index contributed by atoms with van der Waals surface area (Å²) in [6, 6.07) is 0. The number of carbonyl (C=O) groups is 2. The van der Waals surface area contributed by atoms with Gasteiger partial charge in [-0.1, -0.05) is 96.8 Å². The van der Waals surface area contributed by atoms with Crippen LogP contribution >= 0.6 is 7.82 Å². The molecule has 1 N–H and O–H groups in total. The normalized spacial score (nSPS) is 11.8. The van der Waals surface area contributed by atoms with Gasteiger partial charge in [0.2, 0.25) is 5.91 Å². The van der Waals surface area contributed by atoms with Crippen LogP contribution in [-0.4, -0.2) is 51.1 Å². The van der Waals surface area contributed by atoms with Gasteiger partial charge in [0.25, 0.3) is 0 Å². The van der Waals surface area contributed by atoms with Crippen molar-refractivity contribution >= 4 is 19.7 Å². The molecule has 0 aromatic heterocycles. The molecule has 0 aliphatic rings. The quantitative estimate of drug-likeness (QED) is 0.0361. The van der Waals surface area contributed by atoms with E-state index in [-0.39, 0.29) is 84.8 Å². The Bertz CT molecular complexity index is 642. The Labute approximate surface area is 293 Å². The summed E-state index contributed by atoms with van der Waals surface area (Å²) in [5.74, 6) is -0.450. The molecule has 0 bridgehead atoms. The number of ether oxygens (including phenoxy) is 3. The van der Waals surface area contributed by atoms with Gasteiger partial charge in [-0.15, -0.1) is 0 Å². The Morgan fingerprint density at radius 1 is 0.732 bits per heavy atom. The maximum absolute atomic E-state index is 12.2. The summed E-state index contributed by atoms with van der Waals surface area (Å²) in [5.41, 5.74) is 0. The molecule has 0 spiro atoms. The van der Waals surface area contributed by atoms with Gasteiger partial charge in [-0.05, 0) is 19.3 Å². The van der Waals surface area contributed by atoms with E-state index in [9.17, 15) is 23.9 Å².